The molecule has 0 amide bonds. The summed E-state index contributed by atoms with van der Waals surface area (Å²) < 4.78 is 4.83. The number of nitrogens with zero attached hydrogens (tertiary/aromatic N) is 5. The van der Waals surface area contributed by atoms with E-state index in [9.17, 15) is 0 Å². The molecule has 3 heterocycles. The molecule has 0 radical (unpaired) electrons. The van der Waals surface area contributed by atoms with E-state index in [2.05, 4.69) is 215 Å². The SMILES string of the molecule is c1ccc(-c2nc(-c3ccc4ccc5ccccc5c4c3)nc(-c3ccc(-n4c5ccccc5c5cc6cc(-n7c8ccccc8c8ccccc87)ccc6cc54)c4ccccc34)n2)cc1. The molecule has 0 saturated heterocycles. The van der Waals surface area contributed by atoms with Crippen molar-refractivity contribution < 1.29 is 0 Å². The Morgan fingerprint density at radius 3 is 1.55 bits per heavy atom. The molecule has 14 rings (SSSR count). The van der Waals surface area contributed by atoms with Crippen molar-refractivity contribution >= 4 is 86.7 Å². The Labute approximate surface area is 379 Å². The molecule has 11 aromatic carbocycles. The Morgan fingerprint density at radius 2 is 0.803 bits per heavy atom. The molecule has 14 aromatic rings. The minimum atomic E-state index is 0.631. The molecule has 0 unspecified atom stereocenters. The summed E-state index contributed by atoms with van der Waals surface area (Å²) in [6.07, 6.45) is 0. The molecule has 0 atom stereocenters. The van der Waals surface area contributed by atoms with Crippen molar-refractivity contribution in [3.8, 4) is 45.5 Å². The van der Waals surface area contributed by atoms with E-state index in [1.807, 2.05) is 18.2 Å². The molecule has 0 saturated carbocycles. The second-order valence-corrected chi connectivity index (χ2v) is 17.2. The van der Waals surface area contributed by atoms with Crippen LogP contribution in [-0.2, 0) is 0 Å². The fourth-order valence-corrected chi connectivity index (χ4v) is 10.5. The smallest absolute Gasteiger partial charge is 0.164 e. The number of aromatic nitrogens is 5. The zero-order valence-electron chi connectivity index (χ0n) is 35.6. The van der Waals surface area contributed by atoms with Crippen molar-refractivity contribution in [3.05, 3.63) is 224 Å². The van der Waals surface area contributed by atoms with Crippen molar-refractivity contribution in [3.63, 3.8) is 0 Å². The van der Waals surface area contributed by atoms with Crippen molar-refractivity contribution in [2.75, 3.05) is 0 Å². The summed E-state index contributed by atoms with van der Waals surface area (Å²) in [6, 6.07) is 80.5. The van der Waals surface area contributed by atoms with Gasteiger partial charge < -0.3 is 9.13 Å². The van der Waals surface area contributed by atoms with Crippen molar-refractivity contribution in [1.29, 1.82) is 0 Å². The Balaban J connectivity index is 0.953. The number of rotatable bonds is 5. The number of hydrogen-bond acceptors (Lipinski definition) is 3. The molecule has 66 heavy (non-hydrogen) atoms. The van der Waals surface area contributed by atoms with Crippen molar-refractivity contribution in [1.82, 2.24) is 24.1 Å². The van der Waals surface area contributed by atoms with E-state index in [0.29, 0.717) is 17.5 Å². The van der Waals surface area contributed by atoms with Crippen LogP contribution in [-0.4, -0.2) is 24.1 Å². The van der Waals surface area contributed by atoms with Crippen LogP contribution in [0.4, 0.5) is 0 Å². The molecule has 306 valence electrons. The molecule has 0 bridgehead atoms. The van der Waals surface area contributed by atoms with Gasteiger partial charge in [-0.05, 0) is 98.4 Å². The lowest BCUT2D eigenvalue weighted by Gasteiger charge is -2.15. The van der Waals surface area contributed by atoms with Crippen LogP contribution in [0.25, 0.3) is 132 Å². The predicted octanol–water partition coefficient (Wildman–Crippen LogP) is 15.7. The topological polar surface area (TPSA) is 48.5 Å². The van der Waals surface area contributed by atoms with E-state index in [4.69, 9.17) is 15.0 Å². The molecule has 0 spiro atoms. The lowest BCUT2D eigenvalue weighted by molar-refractivity contribution is 1.08. The Morgan fingerprint density at radius 1 is 0.258 bits per heavy atom. The normalized spacial score (nSPS) is 11.9. The summed E-state index contributed by atoms with van der Waals surface area (Å²) in [7, 11) is 0. The lowest BCUT2D eigenvalue weighted by atomic mass is 9.99. The van der Waals surface area contributed by atoms with Gasteiger partial charge >= 0.3 is 0 Å². The number of hydrogen-bond donors (Lipinski definition) is 0. The largest absolute Gasteiger partial charge is 0.309 e. The van der Waals surface area contributed by atoms with Crippen LogP contribution < -0.4 is 0 Å². The molecular formula is C61H37N5. The van der Waals surface area contributed by atoms with E-state index in [1.165, 1.54) is 64.9 Å². The molecule has 0 aliphatic heterocycles. The van der Waals surface area contributed by atoms with Gasteiger partial charge in [-0.3, -0.25) is 0 Å². The average Bonchev–Trinajstić information content (AvgIpc) is 3.89. The molecule has 0 aliphatic rings. The molecule has 0 aliphatic carbocycles. The van der Waals surface area contributed by atoms with E-state index in [-0.39, 0.29) is 0 Å². The van der Waals surface area contributed by atoms with Gasteiger partial charge in [-0.15, -0.1) is 0 Å². The van der Waals surface area contributed by atoms with Gasteiger partial charge in [-0.25, -0.2) is 15.0 Å². The highest BCUT2D eigenvalue weighted by atomic mass is 15.0. The van der Waals surface area contributed by atoms with Crippen molar-refractivity contribution in [2.45, 2.75) is 0 Å². The monoisotopic (exact) mass is 839 g/mol. The minimum absolute atomic E-state index is 0.631. The van der Waals surface area contributed by atoms with Crippen LogP contribution in [0, 0.1) is 0 Å². The molecule has 0 N–H and O–H groups in total. The first-order chi connectivity index (χ1) is 32.7. The fourth-order valence-electron chi connectivity index (χ4n) is 10.5. The highest BCUT2D eigenvalue weighted by molar-refractivity contribution is 6.16. The quantitative estimate of drug-likeness (QED) is 0.162. The number of benzene rings is 11. The second-order valence-electron chi connectivity index (χ2n) is 17.2. The zero-order chi connectivity index (χ0) is 43.3. The van der Waals surface area contributed by atoms with Gasteiger partial charge in [0.05, 0.1) is 27.8 Å². The fraction of sp³-hybridized carbons (Fsp3) is 0. The first kappa shape index (κ1) is 36.5. The standard InChI is InChI=1S/C61H37N5/c1-2-15-40(16-3-1)59-62-60(42-29-28-39-27-26-38-14-4-5-17-45(38)52(39)35-42)64-61(63-59)51-32-33-57(47-19-7-6-18-46(47)51)66-56-25-13-10-22-50(56)53-36-43-34-44(31-30-41(43)37-58(53)66)65-54-23-11-8-20-48(54)49-21-9-12-24-55(49)65/h1-37H. The predicted molar refractivity (Wildman–Crippen MR) is 275 cm³/mol. The Hall–Kier alpha value is -8.93. The van der Waals surface area contributed by atoms with Gasteiger partial charge in [0.15, 0.2) is 17.5 Å². The van der Waals surface area contributed by atoms with Crippen molar-refractivity contribution in [2.24, 2.45) is 0 Å². The maximum Gasteiger partial charge on any atom is 0.164 e. The number of fused-ring (bicyclic) bond motifs is 11. The second kappa shape index (κ2) is 14.3. The summed E-state index contributed by atoms with van der Waals surface area (Å²) in [5, 5.41) is 14.3. The minimum Gasteiger partial charge on any atom is -0.309 e. The third-order valence-electron chi connectivity index (χ3n) is 13.5. The van der Waals surface area contributed by atoms with Crippen LogP contribution in [0.5, 0.6) is 0 Å². The van der Waals surface area contributed by atoms with Gasteiger partial charge in [0.2, 0.25) is 0 Å². The third-order valence-corrected chi connectivity index (χ3v) is 13.5. The lowest BCUT2D eigenvalue weighted by Crippen LogP contribution is -2.02. The van der Waals surface area contributed by atoms with Gasteiger partial charge in [-0.1, -0.05) is 164 Å². The van der Waals surface area contributed by atoms with Crippen LogP contribution in [0.1, 0.15) is 0 Å². The Kier molecular flexibility index (Phi) is 7.91. The molecule has 3 aromatic heterocycles. The number of para-hydroxylation sites is 3. The summed E-state index contributed by atoms with van der Waals surface area (Å²) >= 11 is 0. The van der Waals surface area contributed by atoms with Gasteiger partial charge in [-0.2, -0.15) is 0 Å². The highest BCUT2D eigenvalue weighted by Gasteiger charge is 2.20. The maximum atomic E-state index is 5.29. The molecule has 0 fully saturated rings. The van der Waals surface area contributed by atoms with Gasteiger partial charge in [0.25, 0.3) is 0 Å². The van der Waals surface area contributed by atoms with Crippen LogP contribution in [0.15, 0.2) is 224 Å². The highest BCUT2D eigenvalue weighted by Crippen LogP contribution is 2.41. The first-order valence-electron chi connectivity index (χ1n) is 22.4. The third kappa shape index (κ3) is 5.57. The zero-order valence-corrected chi connectivity index (χ0v) is 35.6. The maximum absolute atomic E-state index is 5.29. The molecular weight excluding hydrogens is 803 g/mol. The first-order valence-corrected chi connectivity index (χ1v) is 22.4. The van der Waals surface area contributed by atoms with E-state index in [0.717, 1.165) is 49.9 Å². The summed E-state index contributed by atoms with van der Waals surface area (Å²) in [4.78, 5) is 15.6. The van der Waals surface area contributed by atoms with Crippen LogP contribution in [0.3, 0.4) is 0 Å². The van der Waals surface area contributed by atoms with Gasteiger partial charge in [0, 0.05) is 49.3 Å². The van der Waals surface area contributed by atoms with E-state index < -0.39 is 0 Å². The van der Waals surface area contributed by atoms with Gasteiger partial charge in [0.1, 0.15) is 0 Å². The Bertz CT molecular complexity index is 4240. The molecule has 5 heteroatoms. The molecule has 5 nitrogen and oxygen atoms in total. The van der Waals surface area contributed by atoms with E-state index >= 15 is 0 Å². The van der Waals surface area contributed by atoms with E-state index in [1.54, 1.807) is 0 Å². The summed E-state index contributed by atoms with van der Waals surface area (Å²) in [6.45, 7) is 0. The summed E-state index contributed by atoms with van der Waals surface area (Å²) in [5.74, 6) is 1.90. The van der Waals surface area contributed by atoms with Crippen LogP contribution >= 0.6 is 0 Å². The van der Waals surface area contributed by atoms with Crippen LogP contribution in [0.2, 0.25) is 0 Å². The average molecular weight is 840 g/mol. The summed E-state index contributed by atoms with van der Waals surface area (Å²) in [5.41, 5.74) is 9.80.